The average Bonchev–Trinajstić information content (AvgIpc) is 2.92. The summed E-state index contributed by atoms with van der Waals surface area (Å²) < 4.78 is 1.94. The minimum Gasteiger partial charge on any atom is -0.337 e. The van der Waals surface area contributed by atoms with E-state index in [1.165, 1.54) is 4.90 Å². The van der Waals surface area contributed by atoms with Gasteiger partial charge in [0.25, 0.3) is 0 Å². The Balaban J connectivity index is 1.83. The molecule has 1 saturated heterocycles. The molecule has 2 heterocycles. The van der Waals surface area contributed by atoms with Crippen LogP contribution in [0.4, 0.5) is 4.79 Å². The number of urea groups is 1. The lowest BCUT2D eigenvalue weighted by molar-refractivity contribution is -0.125. The van der Waals surface area contributed by atoms with Crippen LogP contribution >= 0.6 is 0 Å². The van der Waals surface area contributed by atoms with Crippen LogP contribution in [0, 0.1) is 5.92 Å². The van der Waals surface area contributed by atoms with Crippen molar-refractivity contribution in [1.82, 2.24) is 19.4 Å². The summed E-state index contributed by atoms with van der Waals surface area (Å²) in [5.74, 6) is 0.291. The van der Waals surface area contributed by atoms with Crippen molar-refractivity contribution < 1.29 is 9.59 Å². The molecule has 0 bridgehead atoms. The minimum atomic E-state index is -0.149. The third-order valence-corrected chi connectivity index (χ3v) is 3.07. The number of amides is 3. The van der Waals surface area contributed by atoms with Crippen LogP contribution in [0.1, 0.15) is 20.3 Å². The standard InChI is InChI=1S/C13H20N4O2/c1-11(2)8-16-9-12(18)17(13(16)19)6-3-5-15-7-4-14-10-15/h4,7,10-11H,3,5-6,8-9H2,1-2H3. The molecule has 6 nitrogen and oxygen atoms in total. The zero-order valence-corrected chi connectivity index (χ0v) is 11.5. The van der Waals surface area contributed by atoms with Gasteiger partial charge < -0.3 is 9.47 Å². The maximum atomic E-state index is 12.1. The highest BCUT2D eigenvalue weighted by atomic mass is 16.2. The van der Waals surface area contributed by atoms with Crippen LogP contribution < -0.4 is 0 Å². The van der Waals surface area contributed by atoms with Gasteiger partial charge in [0.1, 0.15) is 6.54 Å². The molecule has 0 spiro atoms. The van der Waals surface area contributed by atoms with Gasteiger partial charge in [0.05, 0.1) is 6.33 Å². The van der Waals surface area contributed by atoms with E-state index in [1.54, 1.807) is 17.4 Å². The molecule has 6 heteroatoms. The number of rotatable bonds is 6. The van der Waals surface area contributed by atoms with Crippen LogP contribution in [-0.4, -0.2) is 50.9 Å². The van der Waals surface area contributed by atoms with Crippen LogP contribution in [0.5, 0.6) is 0 Å². The quantitative estimate of drug-likeness (QED) is 0.725. The lowest BCUT2D eigenvalue weighted by atomic mass is 10.2. The number of hydrogen-bond acceptors (Lipinski definition) is 3. The van der Waals surface area contributed by atoms with E-state index in [0.29, 0.717) is 19.0 Å². The summed E-state index contributed by atoms with van der Waals surface area (Å²) >= 11 is 0. The second kappa shape index (κ2) is 5.86. The van der Waals surface area contributed by atoms with Crippen molar-refractivity contribution in [3.63, 3.8) is 0 Å². The number of aryl methyl sites for hydroxylation is 1. The summed E-state index contributed by atoms with van der Waals surface area (Å²) in [4.78, 5) is 30.8. The molecule has 0 unspecified atom stereocenters. The highest BCUT2D eigenvalue weighted by Gasteiger charge is 2.35. The molecule has 0 saturated carbocycles. The minimum absolute atomic E-state index is 0.0868. The van der Waals surface area contributed by atoms with Gasteiger partial charge >= 0.3 is 6.03 Å². The number of carbonyl (C=O) groups excluding carboxylic acids is 2. The van der Waals surface area contributed by atoms with Gasteiger partial charge in [-0.1, -0.05) is 13.8 Å². The Bertz CT molecular complexity index is 442. The van der Waals surface area contributed by atoms with E-state index < -0.39 is 0 Å². The first-order valence-corrected chi connectivity index (χ1v) is 6.63. The Morgan fingerprint density at radius 1 is 1.32 bits per heavy atom. The maximum absolute atomic E-state index is 12.1. The summed E-state index contributed by atoms with van der Waals surface area (Å²) in [6, 6.07) is -0.149. The first-order valence-electron chi connectivity index (χ1n) is 6.63. The number of hydrogen-bond donors (Lipinski definition) is 0. The molecule has 1 aliphatic rings. The van der Waals surface area contributed by atoms with E-state index in [-0.39, 0.29) is 18.5 Å². The van der Waals surface area contributed by atoms with Gasteiger partial charge in [-0.15, -0.1) is 0 Å². The maximum Gasteiger partial charge on any atom is 0.327 e. The van der Waals surface area contributed by atoms with Gasteiger partial charge in [-0.25, -0.2) is 9.78 Å². The molecule has 2 rings (SSSR count). The summed E-state index contributed by atoms with van der Waals surface area (Å²) in [6.07, 6.45) is 6.08. The molecule has 0 atom stereocenters. The fourth-order valence-corrected chi connectivity index (χ4v) is 2.23. The van der Waals surface area contributed by atoms with Crippen molar-refractivity contribution in [3.8, 4) is 0 Å². The predicted octanol–water partition coefficient (Wildman–Crippen LogP) is 1.19. The van der Waals surface area contributed by atoms with Gasteiger partial charge in [0.2, 0.25) is 5.91 Å². The van der Waals surface area contributed by atoms with E-state index in [4.69, 9.17) is 0 Å². The third kappa shape index (κ3) is 3.33. The van der Waals surface area contributed by atoms with Crippen molar-refractivity contribution in [1.29, 1.82) is 0 Å². The number of carbonyl (C=O) groups is 2. The molecule has 0 aliphatic carbocycles. The summed E-state index contributed by atoms with van der Waals surface area (Å²) in [6.45, 7) is 6.19. The zero-order chi connectivity index (χ0) is 13.8. The second-order valence-corrected chi connectivity index (χ2v) is 5.26. The fourth-order valence-electron chi connectivity index (χ4n) is 2.23. The third-order valence-electron chi connectivity index (χ3n) is 3.07. The predicted molar refractivity (Wildman–Crippen MR) is 70.4 cm³/mol. The first kappa shape index (κ1) is 13.6. The SMILES string of the molecule is CC(C)CN1CC(=O)N(CCCn2ccnc2)C1=O. The van der Waals surface area contributed by atoms with E-state index in [0.717, 1.165) is 13.0 Å². The largest absolute Gasteiger partial charge is 0.337 e. The molecule has 0 N–H and O–H groups in total. The normalized spacial score (nSPS) is 15.9. The van der Waals surface area contributed by atoms with Crippen LogP contribution in [-0.2, 0) is 11.3 Å². The van der Waals surface area contributed by atoms with Crippen molar-refractivity contribution in [2.45, 2.75) is 26.8 Å². The molecule has 1 aliphatic heterocycles. The summed E-state index contributed by atoms with van der Waals surface area (Å²) in [5.41, 5.74) is 0. The molecule has 0 radical (unpaired) electrons. The van der Waals surface area contributed by atoms with E-state index in [9.17, 15) is 9.59 Å². The number of imide groups is 1. The molecule has 1 aromatic heterocycles. The monoisotopic (exact) mass is 264 g/mol. The van der Waals surface area contributed by atoms with Gasteiger partial charge in [0.15, 0.2) is 0 Å². The molecule has 0 aromatic carbocycles. The van der Waals surface area contributed by atoms with Gasteiger partial charge in [-0.05, 0) is 12.3 Å². The molecule has 104 valence electrons. The fraction of sp³-hybridized carbons (Fsp3) is 0.615. The Morgan fingerprint density at radius 3 is 2.74 bits per heavy atom. The number of nitrogens with zero attached hydrogens (tertiary/aromatic N) is 4. The van der Waals surface area contributed by atoms with Crippen molar-refractivity contribution >= 4 is 11.9 Å². The van der Waals surface area contributed by atoms with Crippen molar-refractivity contribution in [3.05, 3.63) is 18.7 Å². The Morgan fingerprint density at radius 2 is 2.11 bits per heavy atom. The Hall–Kier alpha value is -1.85. The second-order valence-electron chi connectivity index (χ2n) is 5.26. The lowest BCUT2D eigenvalue weighted by Gasteiger charge is -2.18. The first-order chi connectivity index (χ1) is 9.08. The molecular weight excluding hydrogens is 244 g/mol. The zero-order valence-electron chi connectivity index (χ0n) is 11.5. The van der Waals surface area contributed by atoms with Crippen LogP contribution in [0.3, 0.4) is 0 Å². The smallest absolute Gasteiger partial charge is 0.327 e. The van der Waals surface area contributed by atoms with Crippen molar-refractivity contribution in [2.24, 2.45) is 5.92 Å². The Kier molecular flexibility index (Phi) is 4.19. The van der Waals surface area contributed by atoms with E-state index in [2.05, 4.69) is 4.98 Å². The Labute approximate surface area is 113 Å². The molecular formula is C13H20N4O2. The van der Waals surface area contributed by atoms with Crippen LogP contribution in [0.15, 0.2) is 18.7 Å². The van der Waals surface area contributed by atoms with Crippen molar-refractivity contribution in [2.75, 3.05) is 19.6 Å². The van der Waals surface area contributed by atoms with Crippen LogP contribution in [0.25, 0.3) is 0 Å². The van der Waals surface area contributed by atoms with Gasteiger partial charge in [0, 0.05) is 32.0 Å². The summed E-state index contributed by atoms with van der Waals surface area (Å²) in [7, 11) is 0. The van der Waals surface area contributed by atoms with E-state index >= 15 is 0 Å². The van der Waals surface area contributed by atoms with Crippen LogP contribution in [0.2, 0.25) is 0 Å². The number of imidazole rings is 1. The average molecular weight is 264 g/mol. The molecule has 19 heavy (non-hydrogen) atoms. The van der Waals surface area contributed by atoms with Gasteiger partial charge in [-0.2, -0.15) is 0 Å². The highest BCUT2D eigenvalue weighted by molar-refractivity contribution is 6.01. The highest BCUT2D eigenvalue weighted by Crippen LogP contribution is 2.13. The van der Waals surface area contributed by atoms with Gasteiger partial charge in [-0.3, -0.25) is 9.69 Å². The molecule has 1 fully saturated rings. The number of aromatic nitrogens is 2. The topological polar surface area (TPSA) is 58.4 Å². The molecule has 1 aromatic rings. The van der Waals surface area contributed by atoms with E-state index in [1.807, 2.05) is 24.6 Å². The lowest BCUT2D eigenvalue weighted by Crippen LogP contribution is -2.35. The molecule has 3 amide bonds. The summed E-state index contributed by atoms with van der Waals surface area (Å²) in [5, 5.41) is 0.